The number of nitrogens with zero attached hydrogens (tertiary/aromatic N) is 1. The smallest absolute Gasteiger partial charge is 0.0989 e. The average Bonchev–Trinajstić information content (AvgIpc) is 2.68. The van der Waals surface area contributed by atoms with Crippen molar-refractivity contribution in [2.24, 2.45) is 5.92 Å². The van der Waals surface area contributed by atoms with E-state index in [1.165, 1.54) is 57.8 Å². The van der Waals surface area contributed by atoms with Gasteiger partial charge in [0.25, 0.3) is 0 Å². The quantitative estimate of drug-likeness (QED) is 0.519. The van der Waals surface area contributed by atoms with Gasteiger partial charge in [0.2, 0.25) is 0 Å². The van der Waals surface area contributed by atoms with Crippen LogP contribution in [0.2, 0.25) is 0 Å². The molecule has 1 saturated heterocycles. The van der Waals surface area contributed by atoms with E-state index in [4.69, 9.17) is 5.41 Å². The number of amidine groups is 1. The molecule has 1 heterocycles. The molecule has 0 spiro atoms. The first-order valence-electron chi connectivity index (χ1n) is 6.71. The Kier molecular flexibility index (Phi) is 4.04. The van der Waals surface area contributed by atoms with Gasteiger partial charge < -0.3 is 4.90 Å². The highest BCUT2D eigenvalue weighted by Crippen LogP contribution is 2.27. The van der Waals surface area contributed by atoms with Crippen LogP contribution in [0.15, 0.2) is 0 Å². The molecule has 0 radical (unpaired) electrons. The zero-order valence-corrected chi connectivity index (χ0v) is 9.80. The van der Waals surface area contributed by atoms with E-state index in [1.54, 1.807) is 0 Å². The largest absolute Gasteiger partial charge is 0.360 e. The molecule has 86 valence electrons. The molecule has 1 aliphatic carbocycles. The summed E-state index contributed by atoms with van der Waals surface area (Å²) < 4.78 is 0. The Bertz CT molecular complexity index is 199. The van der Waals surface area contributed by atoms with Gasteiger partial charge in [0, 0.05) is 19.0 Å². The SMILES string of the molecule is N=C(C1CCCC1)N1CCCCCCC1. The predicted molar refractivity (Wildman–Crippen MR) is 64.3 cm³/mol. The maximum Gasteiger partial charge on any atom is 0.0989 e. The molecule has 1 N–H and O–H groups in total. The lowest BCUT2D eigenvalue weighted by Gasteiger charge is -2.30. The third-order valence-corrected chi connectivity index (χ3v) is 3.94. The van der Waals surface area contributed by atoms with Crippen LogP contribution in [0.3, 0.4) is 0 Å². The van der Waals surface area contributed by atoms with Gasteiger partial charge in [-0.25, -0.2) is 0 Å². The van der Waals surface area contributed by atoms with Gasteiger partial charge in [0.05, 0.1) is 5.84 Å². The van der Waals surface area contributed by atoms with Gasteiger partial charge in [0.15, 0.2) is 0 Å². The summed E-state index contributed by atoms with van der Waals surface area (Å²) in [7, 11) is 0. The summed E-state index contributed by atoms with van der Waals surface area (Å²) in [5, 5.41) is 8.27. The second-order valence-electron chi connectivity index (χ2n) is 5.12. The minimum absolute atomic E-state index is 0.601. The van der Waals surface area contributed by atoms with Crippen molar-refractivity contribution in [1.29, 1.82) is 5.41 Å². The van der Waals surface area contributed by atoms with E-state index in [2.05, 4.69) is 4.90 Å². The van der Waals surface area contributed by atoms with Crippen LogP contribution < -0.4 is 0 Å². The van der Waals surface area contributed by atoms with Crippen molar-refractivity contribution < 1.29 is 0 Å². The van der Waals surface area contributed by atoms with E-state index < -0.39 is 0 Å². The molecule has 0 aromatic rings. The average molecular weight is 208 g/mol. The number of hydrogen-bond acceptors (Lipinski definition) is 1. The summed E-state index contributed by atoms with van der Waals surface area (Å²) in [6.07, 6.45) is 12.0. The number of nitrogens with one attached hydrogen (secondary N) is 1. The van der Waals surface area contributed by atoms with Crippen LogP contribution in [-0.4, -0.2) is 23.8 Å². The van der Waals surface area contributed by atoms with Crippen molar-refractivity contribution in [3.05, 3.63) is 0 Å². The van der Waals surface area contributed by atoms with E-state index >= 15 is 0 Å². The molecule has 2 nitrogen and oxygen atoms in total. The summed E-state index contributed by atoms with van der Waals surface area (Å²) in [5.74, 6) is 1.57. The van der Waals surface area contributed by atoms with Gasteiger partial charge in [-0.15, -0.1) is 0 Å². The summed E-state index contributed by atoms with van der Waals surface area (Å²) in [6, 6.07) is 0. The first-order chi connectivity index (χ1) is 7.38. The van der Waals surface area contributed by atoms with E-state index in [9.17, 15) is 0 Å². The lowest BCUT2D eigenvalue weighted by Crippen LogP contribution is -2.37. The second-order valence-corrected chi connectivity index (χ2v) is 5.12. The summed E-state index contributed by atoms with van der Waals surface area (Å²) in [6.45, 7) is 2.30. The van der Waals surface area contributed by atoms with Gasteiger partial charge in [0.1, 0.15) is 0 Å². The summed E-state index contributed by atoms with van der Waals surface area (Å²) >= 11 is 0. The van der Waals surface area contributed by atoms with Crippen molar-refractivity contribution in [3.8, 4) is 0 Å². The second kappa shape index (κ2) is 5.53. The Morgan fingerprint density at radius 2 is 1.33 bits per heavy atom. The minimum Gasteiger partial charge on any atom is -0.360 e. The van der Waals surface area contributed by atoms with Crippen LogP contribution in [0.25, 0.3) is 0 Å². The molecule has 0 aromatic heterocycles. The van der Waals surface area contributed by atoms with Crippen molar-refractivity contribution in [1.82, 2.24) is 4.90 Å². The fourth-order valence-corrected chi connectivity index (χ4v) is 2.95. The van der Waals surface area contributed by atoms with Gasteiger partial charge in [-0.05, 0) is 25.7 Å². The summed E-state index contributed by atoms with van der Waals surface area (Å²) in [4.78, 5) is 2.37. The van der Waals surface area contributed by atoms with Crippen molar-refractivity contribution >= 4 is 5.84 Å². The molecule has 2 aliphatic rings. The first-order valence-corrected chi connectivity index (χ1v) is 6.71. The monoisotopic (exact) mass is 208 g/mol. The van der Waals surface area contributed by atoms with E-state index in [0.29, 0.717) is 5.92 Å². The van der Waals surface area contributed by atoms with Crippen molar-refractivity contribution in [2.45, 2.75) is 57.8 Å². The zero-order valence-electron chi connectivity index (χ0n) is 9.80. The van der Waals surface area contributed by atoms with E-state index in [1.807, 2.05) is 0 Å². The molecule has 0 atom stereocenters. The highest BCUT2D eigenvalue weighted by molar-refractivity contribution is 5.81. The Morgan fingerprint density at radius 3 is 1.93 bits per heavy atom. The third-order valence-electron chi connectivity index (χ3n) is 3.94. The number of likely N-dealkylation sites (tertiary alicyclic amines) is 1. The predicted octanol–water partition coefficient (Wildman–Crippen LogP) is 3.42. The van der Waals surface area contributed by atoms with Gasteiger partial charge in [-0.3, -0.25) is 5.41 Å². The Hall–Kier alpha value is -0.530. The number of hydrogen-bond donors (Lipinski definition) is 1. The molecule has 2 heteroatoms. The fourth-order valence-electron chi connectivity index (χ4n) is 2.95. The Labute approximate surface area is 93.6 Å². The summed E-state index contributed by atoms with van der Waals surface area (Å²) in [5.41, 5.74) is 0. The molecule has 0 bridgehead atoms. The Morgan fingerprint density at radius 1 is 0.800 bits per heavy atom. The van der Waals surface area contributed by atoms with Gasteiger partial charge >= 0.3 is 0 Å². The van der Waals surface area contributed by atoms with Crippen LogP contribution in [0.4, 0.5) is 0 Å². The molecule has 1 saturated carbocycles. The molecule has 0 unspecified atom stereocenters. The van der Waals surface area contributed by atoms with Crippen LogP contribution in [-0.2, 0) is 0 Å². The van der Waals surface area contributed by atoms with Crippen LogP contribution in [0.5, 0.6) is 0 Å². The third kappa shape index (κ3) is 2.96. The maximum absolute atomic E-state index is 8.27. The number of rotatable bonds is 1. The lowest BCUT2D eigenvalue weighted by atomic mass is 10.0. The van der Waals surface area contributed by atoms with E-state index in [0.717, 1.165) is 18.9 Å². The van der Waals surface area contributed by atoms with Crippen molar-refractivity contribution in [3.63, 3.8) is 0 Å². The molecule has 15 heavy (non-hydrogen) atoms. The maximum atomic E-state index is 8.27. The normalized spacial score (nSPS) is 24.9. The zero-order chi connectivity index (χ0) is 10.5. The molecule has 1 aliphatic heterocycles. The molecule has 0 aromatic carbocycles. The van der Waals surface area contributed by atoms with Crippen LogP contribution in [0, 0.1) is 11.3 Å². The van der Waals surface area contributed by atoms with E-state index in [-0.39, 0.29) is 0 Å². The molecule has 2 rings (SSSR count). The van der Waals surface area contributed by atoms with Gasteiger partial charge in [-0.1, -0.05) is 32.1 Å². The van der Waals surface area contributed by atoms with Crippen LogP contribution >= 0.6 is 0 Å². The fraction of sp³-hybridized carbons (Fsp3) is 0.923. The van der Waals surface area contributed by atoms with Crippen molar-refractivity contribution in [2.75, 3.05) is 13.1 Å². The highest BCUT2D eigenvalue weighted by Gasteiger charge is 2.23. The van der Waals surface area contributed by atoms with Gasteiger partial charge in [-0.2, -0.15) is 0 Å². The molecular weight excluding hydrogens is 184 g/mol. The molecule has 2 fully saturated rings. The topological polar surface area (TPSA) is 27.1 Å². The van der Waals surface area contributed by atoms with Crippen LogP contribution in [0.1, 0.15) is 57.8 Å². The minimum atomic E-state index is 0.601. The standard InChI is InChI=1S/C13H24N2/c14-13(12-8-4-5-9-12)15-10-6-2-1-3-7-11-15/h12,14H,1-11H2. The highest BCUT2D eigenvalue weighted by atomic mass is 15.2. The Balaban J connectivity index is 1.85. The molecule has 0 amide bonds. The lowest BCUT2D eigenvalue weighted by molar-refractivity contribution is 0.343. The first kappa shape index (κ1) is 11.0. The molecular formula is C13H24N2.